The highest BCUT2D eigenvalue weighted by molar-refractivity contribution is 5.94. The van der Waals surface area contributed by atoms with Crippen molar-refractivity contribution < 1.29 is 19.1 Å². The molecule has 1 amide bonds. The van der Waals surface area contributed by atoms with E-state index in [-0.39, 0.29) is 23.6 Å². The number of aliphatic carboxylic acids is 1. The summed E-state index contributed by atoms with van der Waals surface area (Å²) in [6, 6.07) is 3.37. The van der Waals surface area contributed by atoms with E-state index in [4.69, 9.17) is 5.11 Å². The van der Waals surface area contributed by atoms with Crippen LogP contribution < -0.4 is 10.2 Å². The van der Waals surface area contributed by atoms with Crippen molar-refractivity contribution in [1.82, 2.24) is 15.0 Å². The second kappa shape index (κ2) is 8.10. The van der Waals surface area contributed by atoms with Gasteiger partial charge in [0, 0.05) is 30.8 Å². The fourth-order valence-electron chi connectivity index (χ4n) is 3.91. The van der Waals surface area contributed by atoms with Crippen molar-refractivity contribution in [2.24, 2.45) is 5.92 Å². The Labute approximate surface area is 167 Å². The molecule has 2 aromatic heterocycles. The first kappa shape index (κ1) is 19.2. The monoisotopic (exact) mass is 399 g/mol. The molecule has 3 heterocycles. The molecule has 0 unspecified atom stereocenters. The smallest absolute Gasteiger partial charge is 0.306 e. The average molecular weight is 399 g/mol. The van der Waals surface area contributed by atoms with Crippen LogP contribution in [0.1, 0.15) is 38.5 Å². The number of hydrogen-bond donors (Lipinski definition) is 2. The Morgan fingerprint density at radius 3 is 2.72 bits per heavy atom. The quantitative estimate of drug-likeness (QED) is 0.796. The maximum atomic E-state index is 14.4. The molecule has 2 aromatic rings. The zero-order valence-electron chi connectivity index (χ0n) is 15.8. The number of nitrogens with one attached hydrogen (secondary N) is 1. The van der Waals surface area contributed by atoms with E-state index in [1.807, 2.05) is 0 Å². The number of pyridine rings is 1. The van der Waals surface area contributed by atoms with Gasteiger partial charge in [-0.1, -0.05) is 0 Å². The molecule has 0 aromatic carbocycles. The van der Waals surface area contributed by atoms with Crippen LogP contribution in [0.2, 0.25) is 0 Å². The molecular formula is C20H22FN5O3. The molecule has 1 saturated heterocycles. The molecule has 2 aliphatic rings. The first-order chi connectivity index (χ1) is 14.0. The molecule has 0 atom stereocenters. The molecule has 0 bridgehead atoms. The lowest BCUT2D eigenvalue weighted by atomic mass is 9.86. The van der Waals surface area contributed by atoms with Gasteiger partial charge in [0.1, 0.15) is 11.5 Å². The van der Waals surface area contributed by atoms with Crippen molar-refractivity contribution in [3.05, 3.63) is 30.3 Å². The first-order valence-electron chi connectivity index (χ1n) is 9.80. The van der Waals surface area contributed by atoms with Crippen LogP contribution in [0.3, 0.4) is 0 Å². The largest absolute Gasteiger partial charge is 0.481 e. The second-order valence-corrected chi connectivity index (χ2v) is 7.47. The lowest BCUT2D eigenvalue weighted by Gasteiger charge is -2.26. The molecule has 9 heteroatoms. The SMILES string of the molecule is O=C1CCCN1c1cc(-c2nc(N[C@H]3CC[C@H](C(=O)O)CC3)ncc2F)ccn1. The second-order valence-electron chi connectivity index (χ2n) is 7.47. The number of rotatable bonds is 5. The number of carbonyl (C=O) groups excluding carboxylic acids is 1. The third kappa shape index (κ3) is 4.18. The highest BCUT2D eigenvalue weighted by Crippen LogP contribution is 2.29. The molecule has 152 valence electrons. The van der Waals surface area contributed by atoms with Crippen LogP contribution in [-0.4, -0.2) is 44.5 Å². The van der Waals surface area contributed by atoms with Gasteiger partial charge >= 0.3 is 5.97 Å². The summed E-state index contributed by atoms with van der Waals surface area (Å²) in [4.78, 5) is 37.3. The fraction of sp³-hybridized carbons (Fsp3) is 0.450. The molecule has 2 N–H and O–H groups in total. The number of amides is 1. The van der Waals surface area contributed by atoms with E-state index in [1.165, 1.54) is 6.20 Å². The van der Waals surface area contributed by atoms with Crippen molar-refractivity contribution in [1.29, 1.82) is 0 Å². The highest BCUT2D eigenvalue weighted by Gasteiger charge is 2.27. The summed E-state index contributed by atoms with van der Waals surface area (Å²) in [5.74, 6) is -0.817. The first-order valence-corrected chi connectivity index (χ1v) is 9.80. The predicted octanol–water partition coefficient (Wildman–Crippen LogP) is 2.86. The maximum absolute atomic E-state index is 14.4. The minimum absolute atomic E-state index is 0.0112. The molecular weight excluding hydrogens is 377 g/mol. The molecule has 29 heavy (non-hydrogen) atoms. The summed E-state index contributed by atoms with van der Waals surface area (Å²) in [7, 11) is 0. The topological polar surface area (TPSA) is 108 Å². The minimum atomic E-state index is -0.756. The van der Waals surface area contributed by atoms with E-state index >= 15 is 0 Å². The molecule has 8 nitrogen and oxygen atoms in total. The number of halogens is 1. The van der Waals surface area contributed by atoms with Gasteiger partial charge in [-0.15, -0.1) is 0 Å². The Kier molecular flexibility index (Phi) is 5.37. The molecule has 1 aliphatic carbocycles. The Morgan fingerprint density at radius 1 is 1.24 bits per heavy atom. The van der Waals surface area contributed by atoms with Crippen molar-refractivity contribution in [2.45, 2.75) is 44.6 Å². The number of carboxylic acid groups (broad SMARTS) is 1. The van der Waals surface area contributed by atoms with E-state index < -0.39 is 11.8 Å². The number of aromatic nitrogens is 3. The van der Waals surface area contributed by atoms with E-state index in [9.17, 15) is 14.0 Å². The molecule has 0 spiro atoms. The minimum Gasteiger partial charge on any atom is -0.481 e. The summed E-state index contributed by atoms with van der Waals surface area (Å²) >= 11 is 0. The van der Waals surface area contributed by atoms with Gasteiger partial charge in [-0.2, -0.15) is 0 Å². The zero-order chi connectivity index (χ0) is 20.4. The average Bonchev–Trinajstić information content (AvgIpc) is 3.16. The molecule has 2 fully saturated rings. The molecule has 1 saturated carbocycles. The van der Waals surface area contributed by atoms with Crippen LogP contribution in [0.4, 0.5) is 16.2 Å². The van der Waals surface area contributed by atoms with Crippen molar-refractivity contribution in [3.8, 4) is 11.3 Å². The van der Waals surface area contributed by atoms with Crippen molar-refractivity contribution >= 4 is 23.6 Å². The predicted molar refractivity (Wildman–Crippen MR) is 104 cm³/mol. The zero-order valence-corrected chi connectivity index (χ0v) is 15.8. The summed E-state index contributed by atoms with van der Waals surface area (Å²) in [6.45, 7) is 0.605. The Morgan fingerprint density at radius 2 is 2.03 bits per heavy atom. The van der Waals surface area contributed by atoms with Gasteiger partial charge in [0.2, 0.25) is 11.9 Å². The summed E-state index contributed by atoms with van der Waals surface area (Å²) < 4.78 is 14.4. The Hall–Kier alpha value is -3.10. The van der Waals surface area contributed by atoms with Gasteiger partial charge < -0.3 is 10.4 Å². The normalized spacial score (nSPS) is 22.0. The number of carbonyl (C=O) groups is 2. The standard InChI is InChI=1S/C20H22FN5O3/c21-15-11-23-20(24-14-5-3-12(4-6-14)19(28)29)25-18(15)13-7-8-22-16(10-13)26-9-1-2-17(26)27/h7-8,10-12,14H,1-6,9H2,(H,28,29)(H,23,24,25)/t12-,14-. The lowest BCUT2D eigenvalue weighted by molar-refractivity contribution is -0.142. The summed E-state index contributed by atoms with van der Waals surface area (Å²) in [5.41, 5.74) is 0.657. The van der Waals surface area contributed by atoms with Crippen LogP contribution in [0.15, 0.2) is 24.5 Å². The van der Waals surface area contributed by atoms with Gasteiger partial charge in [0.15, 0.2) is 5.82 Å². The third-order valence-corrected chi connectivity index (χ3v) is 5.52. The summed E-state index contributed by atoms with van der Waals surface area (Å²) in [5, 5.41) is 12.3. The van der Waals surface area contributed by atoms with Crippen LogP contribution in [-0.2, 0) is 9.59 Å². The van der Waals surface area contributed by atoms with Gasteiger partial charge in [0.25, 0.3) is 0 Å². The summed E-state index contributed by atoms with van der Waals surface area (Å²) in [6.07, 6.45) is 6.52. The van der Waals surface area contributed by atoms with Crippen LogP contribution in [0.25, 0.3) is 11.3 Å². The molecule has 4 rings (SSSR count). The number of nitrogens with zero attached hydrogens (tertiary/aromatic N) is 4. The number of carboxylic acids is 1. The highest BCUT2D eigenvalue weighted by atomic mass is 19.1. The van der Waals surface area contributed by atoms with Crippen LogP contribution in [0, 0.1) is 11.7 Å². The van der Waals surface area contributed by atoms with Gasteiger partial charge in [-0.05, 0) is 44.2 Å². The van der Waals surface area contributed by atoms with E-state index in [0.29, 0.717) is 56.0 Å². The van der Waals surface area contributed by atoms with Gasteiger partial charge in [-0.3, -0.25) is 14.5 Å². The maximum Gasteiger partial charge on any atom is 0.306 e. The molecule has 0 radical (unpaired) electrons. The van der Waals surface area contributed by atoms with E-state index in [1.54, 1.807) is 17.0 Å². The third-order valence-electron chi connectivity index (χ3n) is 5.52. The van der Waals surface area contributed by atoms with Crippen LogP contribution >= 0.6 is 0 Å². The molecule has 1 aliphatic heterocycles. The lowest BCUT2D eigenvalue weighted by Crippen LogP contribution is -2.30. The van der Waals surface area contributed by atoms with Crippen molar-refractivity contribution in [2.75, 3.05) is 16.8 Å². The van der Waals surface area contributed by atoms with Crippen LogP contribution in [0.5, 0.6) is 0 Å². The fourth-order valence-corrected chi connectivity index (χ4v) is 3.91. The number of hydrogen-bond acceptors (Lipinski definition) is 6. The van der Waals surface area contributed by atoms with Gasteiger partial charge in [0.05, 0.1) is 12.1 Å². The Bertz CT molecular complexity index is 930. The number of anilines is 2. The Balaban J connectivity index is 1.52. The van der Waals surface area contributed by atoms with Gasteiger partial charge in [-0.25, -0.2) is 19.3 Å². The van der Waals surface area contributed by atoms with E-state index in [2.05, 4.69) is 20.3 Å². The van der Waals surface area contributed by atoms with E-state index in [0.717, 1.165) is 12.6 Å². The van der Waals surface area contributed by atoms with Crippen molar-refractivity contribution in [3.63, 3.8) is 0 Å².